The fourth-order valence-electron chi connectivity index (χ4n) is 1.69. The molecule has 19 heavy (non-hydrogen) atoms. The zero-order chi connectivity index (χ0) is 14.5. The number of nitrogens with two attached hydrogens (primary N) is 1. The second kappa shape index (κ2) is 6.25. The molecular formula is C10H18N6O3. The van der Waals surface area contributed by atoms with E-state index in [0.717, 1.165) is 12.7 Å². The van der Waals surface area contributed by atoms with Crippen LogP contribution < -0.4 is 16.6 Å². The summed E-state index contributed by atoms with van der Waals surface area (Å²) in [4.78, 5) is 17.8. The molecule has 1 aromatic heterocycles. The molecule has 0 aliphatic heterocycles. The van der Waals surface area contributed by atoms with Crippen LogP contribution in [-0.2, 0) is 0 Å². The van der Waals surface area contributed by atoms with Gasteiger partial charge in [0.2, 0.25) is 11.6 Å². The minimum absolute atomic E-state index is 0.0179. The molecular weight excluding hydrogens is 252 g/mol. The summed E-state index contributed by atoms with van der Waals surface area (Å²) in [5.41, 5.74) is 0.826. The Labute approximate surface area is 110 Å². The number of hydrogen-bond acceptors (Lipinski definition) is 8. The SMILES string of the molecule is CCCC(C)(O)CNc1ncnc(NN)c1[N+](=O)[O-]. The van der Waals surface area contributed by atoms with Gasteiger partial charge in [-0.05, 0) is 13.3 Å². The highest BCUT2D eigenvalue weighted by Crippen LogP contribution is 2.28. The lowest BCUT2D eigenvalue weighted by molar-refractivity contribution is -0.383. The molecule has 0 aromatic carbocycles. The first-order valence-electron chi connectivity index (χ1n) is 5.83. The summed E-state index contributed by atoms with van der Waals surface area (Å²) < 4.78 is 0. The number of hydrogen-bond donors (Lipinski definition) is 4. The minimum atomic E-state index is -0.968. The van der Waals surface area contributed by atoms with Crippen LogP contribution >= 0.6 is 0 Å². The van der Waals surface area contributed by atoms with Gasteiger partial charge in [0.1, 0.15) is 6.33 Å². The van der Waals surface area contributed by atoms with Gasteiger partial charge in [-0.3, -0.25) is 10.1 Å². The average Bonchev–Trinajstić information content (AvgIpc) is 2.35. The molecule has 0 amide bonds. The van der Waals surface area contributed by atoms with Gasteiger partial charge in [0.15, 0.2) is 0 Å². The van der Waals surface area contributed by atoms with E-state index >= 15 is 0 Å². The van der Waals surface area contributed by atoms with Gasteiger partial charge in [-0.1, -0.05) is 13.3 Å². The molecule has 1 aromatic rings. The number of nitrogens with zero attached hydrogens (tertiary/aromatic N) is 3. The quantitative estimate of drug-likeness (QED) is 0.321. The van der Waals surface area contributed by atoms with Gasteiger partial charge >= 0.3 is 5.69 Å². The smallest absolute Gasteiger partial charge is 0.354 e. The molecule has 0 radical (unpaired) electrons. The van der Waals surface area contributed by atoms with E-state index in [4.69, 9.17) is 5.84 Å². The molecule has 0 aliphatic carbocycles. The van der Waals surface area contributed by atoms with Gasteiger partial charge < -0.3 is 15.8 Å². The van der Waals surface area contributed by atoms with Crippen molar-refractivity contribution >= 4 is 17.3 Å². The van der Waals surface area contributed by atoms with E-state index in [-0.39, 0.29) is 23.9 Å². The first-order valence-corrected chi connectivity index (χ1v) is 5.83. The Morgan fingerprint density at radius 2 is 2.16 bits per heavy atom. The van der Waals surface area contributed by atoms with E-state index < -0.39 is 10.5 Å². The molecule has 0 aliphatic rings. The fraction of sp³-hybridized carbons (Fsp3) is 0.600. The second-order valence-electron chi connectivity index (χ2n) is 4.42. The van der Waals surface area contributed by atoms with Crippen molar-refractivity contribution in [3.63, 3.8) is 0 Å². The zero-order valence-corrected chi connectivity index (χ0v) is 10.9. The molecule has 106 valence electrons. The van der Waals surface area contributed by atoms with Crippen LogP contribution in [0.15, 0.2) is 6.33 Å². The van der Waals surface area contributed by atoms with E-state index in [2.05, 4.69) is 20.7 Å². The van der Waals surface area contributed by atoms with Crippen LogP contribution in [0.5, 0.6) is 0 Å². The Morgan fingerprint density at radius 3 is 2.68 bits per heavy atom. The van der Waals surface area contributed by atoms with E-state index in [1.54, 1.807) is 6.92 Å². The van der Waals surface area contributed by atoms with Crippen LogP contribution in [0.3, 0.4) is 0 Å². The van der Waals surface area contributed by atoms with Crippen molar-refractivity contribution in [1.82, 2.24) is 9.97 Å². The molecule has 0 fully saturated rings. The fourth-order valence-corrected chi connectivity index (χ4v) is 1.69. The van der Waals surface area contributed by atoms with Gasteiger partial charge in [-0.2, -0.15) is 0 Å². The number of aromatic nitrogens is 2. The standard InChI is InChI=1S/C10H18N6O3/c1-3-4-10(2,17)5-12-8-7(16(18)19)9(15-11)14-6-13-8/h6,17H,3-5,11H2,1-2H3,(H2,12,13,14,15). The highest BCUT2D eigenvalue weighted by molar-refractivity contribution is 5.68. The Hall–Kier alpha value is -2.00. The molecule has 1 heterocycles. The van der Waals surface area contributed by atoms with Crippen LogP contribution in [0.25, 0.3) is 0 Å². The highest BCUT2D eigenvalue weighted by Gasteiger charge is 2.25. The highest BCUT2D eigenvalue weighted by atomic mass is 16.6. The van der Waals surface area contributed by atoms with Crippen molar-refractivity contribution in [3.8, 4) is 0 Å². The molecule has 1 unspecified atom stereocenters. The van der Waals surface area contributed by atoms with Crippen LogP contribution in [0.4, 0.5) is 17.3 Å². The average molecular weight is 270 g/mol. The third-order valence-corrected chi connectivity index (χ3v) is 2.57. The van der Waals surface area contributed by atoms with Gasteiger partial charge in [-0.15, -0.1) is 0 Å². The maximum atomic E-state index is 11.0. The molecule has 1 atom stereocenters. The van der Waals surface area contributed by atoms with E-state index in [0.29, 0.717) is 6.42 Å². The van der Waals surface area contributed by atoms with Gasteiger partial charge in [0, 0.05) is 6.54 Å². The zero-order valence-electron chi connectivity index (χ0n) is 10.9. The van der Waals surface area contributed by atoms with Gasteiger partial charge in [0.05, 0.1) is 10.5 Å². The minimum Gasteiger partial charge on any atom is -0.388 e. The van der Waals surface area contributed by atoms with Crippen LogP contribution in [-0.4, -0.2) is 32.1 Å². The van der Waals surface area contributed by atoms with Crippen molar-refractivity contribution in [1.29, 1.82) is 0 Å². The topological polar surface area (TPSA) is 139 Å². The summed E-state index contributed by atoms with van der Waals surface area (Å²) in [5, 5.41) is 23.8. The summed E-state index contributed by atoms with van der Waals surface area (Å²) in [6.07, 6.45) is 2.52. The normalized spacial score (nSPS) is 13.7. The third-order valence-electron chi connectivity index (χ3n) is 2.57. The summed E-state index contributed by atoms with van der Waals surface area (Å²) in [6.45, 7) is 3.74. The number of hydrazine groups is 1. The lowest BCUT2D eigenvalue weighted by Gasteiger charge is -2.23. The first kappa shape index (κ1) is 15.1. The molecule has 5 N–H and O–H groups in total. The van der Waals surface area contributed by atoms with Crippen LogP contribution in [0.2, 0.25) is 0 Å². The molecule has 0 saturated carbocycles. The van der Waals surface area contributed by atoms with Crippen LogP contribution in [0.1, 0.15) is 26.7 Å². The molecule has 0 saturated heterocycles. The molecule has 0 spiro atoms. The maximum absolute atomic E-state index is 11.0. The van der Waals surface area contributed by atoms with Crippen LogP contribution in [0, 0.1) is 10.1 Å². The Morgan fingerprint density at radius 1 is 1.53 bits per heavy atom. The molecule has 9 heteroatoms. The molecule has 9 nitrogen and oxygen atoms in total. The number of nitrogen functional groups attached to an aromatic ring is 1. The Kier molecular flexibility index (Phi) is 4.95. The van der Waals surface area contributed by atoms with Crippen molar-refractivity contribution in [2.24, 2.45) is 5.84 Å². The number of anilines is 2. The van der Waals surface area contributed by atoms with Crippen molar-refractivity contribution in [2.75, 3.05) is 17.3 Å². The first-order chi connectivity index (χ1) is 8.91. The largest absolute Gasteiger partial charge is 0.388 e. The number of aliphatic hydroxyl groups is 1. The van der Waals surface area contributed by atoms with Crippen molar-refractivity contribution in [2.45, 2.75) is 32.3 Å². The predicted octanol–water partition coefficient (Wildman–Crippen LogP) is 0.633. The number of nitrogens with one attached hydrogen (secondary N) is 2. The van der Waals surface area contributed by atoms with Gasteiger partial charge in [-0.25, -0.2) is 15.8 Å². The van der Waals surface area contributed by atoms with Crippen molar-refractivity contribution < 1.29 is 10.0 Å². The number of nitro groups is 1. The summed E-state index contributed by atoms with van der Waals surface area (Å²) in [5.74, 6) is 5.10. The predicted molar refractivity (Wildman–Crippen MR) is 70.5 cm³/mol. The molecule has 0 bridgehead atoms. The Balaban J connectivity index is 2.92. The lowest BCUT2D eigenvalue weighted by atomic mass is 10.0. The summed E-state index contributed by atoms with van der Waals surface area (Å²) >= 11 is 0. The third kappa shape index (κ3) is 4.00. The van der Waals surface area contributed by atoms with E-state index in [1.165, 1.54) is 0 Å². The van der Waals surface area contributed by atoms with E-state index in [1.807, 2.05) is 6.92 Å². The monoisotopic (exact) mass is 270 g/mol. The van der Waals surface area contributed by atoms with E-state index in [9.17, 15) is 15.2 Å². The molecule has 1 rings (SSSR count). The number of rotatable bonds is 7. The summed E-state index contributed by atoms with van der Waals surface area (Å²) in [7, 11) is 0. The second-order valence-corrected chi connectivity index (χ2v) is 4.42. The maximum Gasteiger partial charge on any atom is 0.354 e. The lowest BCUT2D eigenvalue weighted by Crippen LogP contribution is -2.33. The summed E-state index contributed by atoms with van der Waals surface area (Å²) in [6, 6.07) is 0. The Bertz CT molecular complexity index is 451. The van der Waals surface area contributed by atoms with Gasteiger partial charge in [0.25, 0.3) is 0 Å². The van der Waals surface area contributed by atoms with Crippen molar-refractivity contribution in [3.05, 3.63) is 16.4 Å².